The van der Waals surface area contributed by atoms with Gasteiger partial charge < -0.3 is 9.47 Å². The molecule has 100 valence electrons. The molecule has 0 spiro atoms. The average Bonchev–Trinajstić information content (AvgIpc) is 3.09. The van der Waals surface area contributed by atoms with Crippen molar-refractivity contribution in [3.05, 3.63) is 28.5 Å². The first-order valence-corrected chi connectivity index (χ1v) is 6.55. The average molecular weight is 259 g/mol. The largest absolute Gasteiger partial charge is 0.364 e. The molecule has 5 heteroatoms. The molecule has 1 aromatic heterocycles. The van der Waals surface area contributed by atoms with Crippen LogP contribution < -0.4 is 0 Å². The van der Waals surface area contributed by atoms with Gasteiger partial charge in [0.25, 0.3) is 0 Å². The summed E-state index contributed by atoms with van der Waals surface area (Å²) in [5.41, 5.74) is 1.86. The molecule has 0 saturated carbocycles. The van der Waals surface area contributed by atoms with Crippen LogP contribution in [0.4, 0.5) is 0 Å². The molecule has 2 aliphatic rings. The number of fused-ring (bicyclic) bond motifs is 1. The quantitative estimate of drug-likeness (QED) is 0.755. The first-order chi connectivity index (χ1) is 8.93. The van der Waals surface area contributed by atoms with E-state index in [-0.39, 0.29) is 17.5 Å². The molecule has 5 nitrogen and oxygen atoms in total. The first kappa shape index (κ1) is 12.1. The second-order valence-corrected chi connectivity index (χ2v) is 5.50. The normalized spacial score (nSPS) is 18.5. The van der Waals surface area contributed by atoms with E-state index in [1.165, 1.54) is 0 Å². The lowest BCUT2D eigenvalue weighted by Gasteiger charge is -2.17. The highest BCUT2D eigenvalue weighted by molar-refractivity contribution is 6.25. The number of carbonyl (C=O) groups excluding carboxylic acids is 2. The molecule has 0 atom stereocenters. The molecular formula is C14H17N3O2. The Labute approximate surface area is 111 Å². The van der Waals surface area contributed by atoms with Crippen LogP contribution in [0.25, 0.3) is 0 Å². The van der Waals surface area contributed by atoms with E-state index in [4.69, 9.17) is 0 Å². The molecule has 0 bridgehead atoms. The summed E-state index contributed by atoms with van der Waals surface area (Å²) in [6.45, 7) is 7.45. The summed E-state index contributed by atoms with van der Waals surface area (Å²) < 4.78 is 1.77. The smallest absolute Gasteiger partial charge is 0.228 e. The predicted molar refractivity (Wildman–Crippen MR) is 70.2 cm³/mol. The van der Waals surface area contributed by atoms with Gasteiger partial charge in [0.05, 0.1) is 5.70 Å². The first-order valence-electron chi connectivity index (χ1n) is 6.55. The summed E-state index contributed by atoms with van der Waals surface area (Å²) in [6, 6.07) is 0. The number of imidazole rings is 1. The van der Waals surface area contributed by atoms with Gasteiger partial charge in [-0.1, -0.05) is 13.8 Å². The summed E-state index contributed by atoms with van der Waals surface area (Å²) >= 11 is 0. The number of allylic oxidation sites excluding steroid dienone is 2. The van der Waals surface area contributed by atoms with E-state index in [1.807, 2.05) is 25.8 Å². The molecule has 2 heterocycles. The summed E-state index contributed by atoms with van der Waals surface area (Å²) in [7, 11) is 1.81. The van der Waals surface area contributed by atoms with Gasteiger partial charge >= 0.3 is 0 Å². The van der Waals surface area contributed by atoms with Crippen molar-refractivity contribution in [2.75, 3.05) is 13.1 Å². The molecule has 0 N–H and O–H groups in total. The van der Waals surface area contributed by atoms with E-state index in [2.05, 4.69) is 4.98 Å². The topological polar surface area (TPSA) is 55.0 Å². The molecule has 3 rings (SSSR count). The van der Waals surface area contributed by atoms with Crippen LogP contribution in [0, 0.1) is 0 Å². The van der Waals surface area contributed by atoms with Crippen molar-refractivity contribution in [2.45, 2.75) is 26.7 Å². The number of hydrogen-bond acceptors (Lipinski definition) is 4. The fourth-order valence-electron chi connectivity index (χ4n) is 2.67. The molecule has 1 aromatic rings. The van der Waals surface area contributed by atoms with E-state index in [0.717, 1.165) is 18.9 Å². The fraction of sp³-hybridized carbons (Fsp3) is 0.500. The van der Waals surface area contributed by atoms with E-state index in [9.17, 15) is 9.59 Å². The van der Waals surface area contributed by atoms with Crippen LogP contribution in [-0.4, -0.2) is 39.1 Å². The summed E-state index contributed by atoms with van der Waals surface area (Å²) in [5.74, 6) is 0.790. The van der Waals surface area contributed by atoms with Crippen molar-refractivity contribution in [1.82, 2.24) is 14.5 Å². The van der Waals surface area contributed by atoms with Crippen LogP contribution >= 0.6 is 0 Å². The number of rotatable bonds is 2. The molecule has 0 radical (unpaired) electrons. The Morgan fingerprint density at radius 3 is 2.32 bits per heavy atom. The van der Waals surface area contributed by atoms with E-state index < -0.39 is 0 Å². The maximum atomic E-state index is 12.6. The lowest BCUT2D eigenvalue weighted by Crippen LogP contribution is -2.26. The van der Waals surface area contributed by atoms with Crippen molar-refractivity contribution in [3.8, 4) is 0 Å². The summed E-state index contributed by atoms with van der Waals surface area (Å²) in [4.78, 5) is 31.3. The van der Waals surface area contributed by atoms with E-state index in [0.29, 0.717) is 22.7 Å². The number of hydrogen-bond donors (Lipinski definition) is 0. The molecule has 1 fully saturated rings. The molecule has 1 aliphatic carbocycles. The molecule has 1 saturated heterocycles. The third-order valence-electron chi connectivity index (χ3n) is 3.75. The minimum atomic E-state index is -0.112. The Balaban J connectivity index is 2.20. The molecule has 19 heavy (non-hydrogen) atoms. The zero-order valence-electron chi connectivity index (χ0n) is 11.6. The summed E-state index contributed by atoms with van der Waals surface area (Å²) in [6.07, 6.45) is 0. The number of Topliss-reactive ketones (excluding diaryl/α,β-unsaturated/α-hetero) is 2. The number of ketones is 2. The van der Waals surface area contributed by atoms with Gasteiger partial charge in [0.15, 0.2) is 0 Å². The Morgan fingerprint density at radius 2 is 1.79 bits per heavy atom. The lowest BCUT2D eigenvalue weighted by molar-refractivity contribution is 0.0953. The lowest BCUT2D eigenvalue weighted by atomic mass is 9.95. The summed E-state index contributed by atoms with van der Waals surface area (Å²) in [5, 5.41) is 0. The standard InChI is InChI=1S/C14H17N3O2/c1-7(2)14-15-9-11(16(14)4)13(19)10(17-5-6-17)8(3)12(9)18/h7H,5-6H2,1-4H3. The van der Waals surface area contributed by atoms with Crippen LogP contribution in [0.3, 0.4) is 0 Å². The molecule has 0 unspecified atom stereocenters. The maximum Gasteiger partial charge on any atom is 0.228 e. The second kappa shape index (κ2) is 3.79. The van der Waals surface area contributed by atoms with Crippen LogP contribution in [-0.2, 0) is 7.05 Å². The Morgan fingerprint density at radius 1 is 1.16 bits per heavy atom. The minimum Gasteiger partial charge on any atom is -0.364 e. The molecule has 0 aromatic carbocycles. The zero-order valence-corrected chi connectivity index (χ0v) is 11.6. The highest BCUT2D eigenvalue weighted by atomic mass is 16.1. The van der Waals surface area contributed by atoms with Crippen LogP contribution in [0.5, 0.6) is 0 Å². The van der Waals surface area contributed by atoms with Crippen molar-refractivity contribution >= 4 is 11.6 Å². The van der Waals surface area contributed by atoms with Gasteiger partial charge in [-0.2, -0.15) is 0 Å². The van der Waals surface area contributed by atoms with Crippen LogP contribution in [0.15, 0.2) is 11.3 Å². The van der Waals surface area contributed by atoms with Crippen molar-refractivity contribution in [1.29, 1.82) is 0 Å². The van der Waals surface area contributed by atoms with Gasteiger partial charge in [0.2, 0.25) is 11.6 Å². The second-order valence-electron chi connectivity index (χ2n) is 5.50. The van der Waals surface area contributed by atoms with Gasteiger partial charge in [0.1, 0.15) is 17.2 Å². The van der Waals surface area contributed by atoms with Crippen molar-refractivity contribution in [2.24, 2.45) is 7.05 Å². The Hall–Kier alpha value is -1.91. The van der Waals surface area contributed by atoms with Gasteiger partial charge in [0, 0.05) is 31.6 Å². The Kier molecular flexibility index (Phi) is 2.42. The highest BCUT2D eigenvalue weighted by Gasteiger charge is 2.40. The third kappa shape index (κ3) is 1.57. The van der Waals surface area contributed by atoms with Gasteiger partial charge in [-0.05, 0) is 6.92 Å². The fourth-order valence-corrected chi connectivity index (χ4v) is 2.67. The minimum absolute atomic E-state index is 0.0634. The third-order valence-corrected chi connectivity index (χ3v) is 3.75. The predicted octanol–water partition coefficient (Wildman–Crippen LogP) is 1.51. The van der Waals surface area contributed by atoms with E-state index >= 15 is 0 Å². The van der Waals surface area contributed by atoms with Gasteiger partial charge in [-0.15, -0.1) is 0 Å². The zero-order chi connectivity index (χ0) is 13.9. The van der Waals surface area contributed by atoms with Crippen LogP contribution in [0.2, 0.25) is 0 Å². The number of aromatic nitrogens is 2. The Bertz CT molecular complexity index is 633. The molecule has 1 aliphatic heterocycles. The van der Waals surface area contributed by atoms with Crippen LogP contribution in [0.1, 0.15) is 53.5 Å². The monoisotopic (exact) mass is 259 g/mol. The van der Waals surface area contributed by atoms with Crippen molar-refractivity contribution in [3.63, 3.8) is 0 Å². The van der Waals surface area contributed by atoms with E-state index in [1.54, 1.807) is 11.5 Å². The highest BCUT2D eigenvalue weighted by Crippen LogP contribution is 2.32. The van der Waals surface area contributed by atoms with Gasteiger partial charge in [-0.3, -0.25) is 9.59 Å². The van der Waals surface area contributed by atoms with Crippen molar-refractivity contribution < 1.29 is 9.59 Å². The molecular weight excluding hydrogens is 242 g/mol. The maximum absolute atomic E-state index is 12.6. The SMILES string of the molecule is CC1=C(N2CC2)C(=O)c2c(nc(C(C)C)n2C)C1=O. The molecule has 0 amide bonds. The number of nitrogens with zero attached hydrogens (tertiary/aromatic N) is 3. The van der Waals surface area contributed by atoms with Gasteiger partial charge in [-0.25, -0.2) is 4.98 Å². The number of carbonyl (C=O) groups is 2.